The van der Waals surface area contributed by atoms with Crippen LogP contribution >= 0.6 is 0 Å². The molecule has 0 unspecified atom stereocenters. The van der Waals surface area contributed by atoms with E-state index in [-0.39, 0.29) is 35.9 Å². The number of halogens is 4. The van der Waals surface area contributed by atoms with Crippen molar-refractivity contribution in [2.45, 2.75) is 19.7 Å². The van der Waals surface area contributed by atoms with Crippen molar-refractivity contribution in [1.29, 1.82) is 0 Å². The Kier molecular flexibility index (Phi) is 6.63. The lowest BCUT2D eigenvalue weighted by Crippen LogP contribution is -2.28. The second-order valence-electron chi connectivity index (χ2n) is 6.41. The molecule has 162 valence electrons. The molecule has 2 aromatic carbocycles. The van der Waals surface area contributed by atoms with Crippen molar-refractivity contribution in [2.75, 3.05) is 6.54 Å². The third kappa shape index (κ3) is 6.11. The first-order valence-corrected chi connectivity index (χ1v) is 8.92. The predicted octanol–water partition coefficient (Wildman–Crippen LogP) is 4.22. The molecule has 1 heterocycles. The first-order chi connectivity index (χ1) is 14.7. The summed E-state index contributed by atoms with van der Waals surface area (Å²) in [6.07, 6.45) is -4.73. The molecule has 0 saturated carbocycles. The molecule has 31 heavy (non-hydrogen) atoms. The molecule has 11 heteroatoms. The molecule has 0 radical (unpaired) electrons. The number of amides is 1. The largest absolute Gasteiger partial charge is 0.471 e. The number of carbonyl (C=O) groups is 1. The molecule has 0 bridgehead atoms. The van der Waals surface area contributed by atoms with Gasteiger partial charge >= 0.3 is 12.1 Å². The number of benzene rings is 2. The average molecular weight is 436 g/mol. The van der Waals surface area contributed by atoms with Crippen molar-refractivity contribution < 1.29 is 31.7 Å². The number of carbonyl (C=O) groups excluding carboxylic acids is 1. The lowest BCUT2D eigenvalue weighted by molar-refractivity contribution is -0.159. The number of rotatable bonds is 7. The van der Waals surface area contributed by atoms with Crippen LogP contribution in [0.2, 0.25) is 0 Å². The van der Waals surface area contributed by atoms with Crippen LogP contribution in [0.15, 0.2) is 58.2 Å². The lowest BCUT2D eigenvalue weighted by atomic mass is 10.1. The monoisotopic (exact) mass is 436 g/mol. The van der Waals surface area contributed by atoms with Gasteiger partial charge in [-0.15, -0.1) is 0 Å². The average Bonchev–Trinajstić information content (AvgIpc) is 3.24. The van der Waals surface area contributed by atoms with Gasteiger partial charge in [0.15, 0.2) is 0 Å². The summed E-state index contributed by atoms with van der Waals surface area (Å²) in [5, 5.41) is 9.80. The van der Waals surface area contributed by atoms with Crippen LogP contribution < -0.4 is 5.32 Å². The molecule has 1 aromatic heterocycles. The zero-order chi connectivity index (χ0) is 22.4. The zero-order valence-electron chi connectivity index (χ0n) is 16.1. The third-order valence-corrected chi connectivity index (χ3v) is 3.94. The van der Waals surface area contributed by atoms with E-state index in [1.165, 1.54) is 36.4 Å². The van der Waals surface area contributed by atoms with Gasteiger partial charge in [-0.25, -0.2) is 4.39 Å². The number of nitrogens with zero attached hydrogens (tertiary/aromatic N) is 3. The van der Waals surface area contributed by atoms with Gasteiger partial charge in [-0.3, -0.25) is 4.79 Å². The van der Waals surface area contributed by atoms with Gasteiger partial charge in [-0.05, 0) is 36.8 Å². The third-order valence-electron chi connectivity index (χ3n) is 3.94. The summed E-state index contributed by atoms with van der Waals surface area (Å²) >= 11 is 0. The summed E-state index contributed by atoms with van der Waals surface area (Å²) in [7, 11) is 0. The maximum absolute atomic E-state index is 12.8. The van der Waals surface area contributed by atoms with E-state index in [0.717, 1.165) is 5.56 Å². The summed E-state index contributed by atoms with van der Waals surface area (Å²) in [6, 6.07) is 11.4. The Morgan fingerprint density at radius 1 is 1.13 bits per heavy atom. The molecule has 0 saturated heterocycles. The van der Waals surface area contributed by atoms with Crippen LogP contribution in [0.1, 0.15) is 28.7 Å². The Balaban J connectivity index is 1.51. The molecule has 3 aromatic rings. The van der Waals surface area contributed by atoms with Gasteiger partial charge < -0.3 is 14.7 Å². The van der Waals surface area contributed by atoms with E-state index in [2.05, 4.69) is 25.1 Å². The molecular formula is C20H16F4N4O3. The van der Waals surface area contributed by atoms with E-state index in [1.807, 2.05) is 0 Å². The van der Waals surface area contributed by atoms with Crippen LogP contribution in [-0.2, 0) is 17.6 Å². The van der Waals surface area contributed by atoms with Gasteiger partial charge in [0.05, 0.1) is 12.3 Å². The Bertz CT molecular complexity index is 1060. The number of hydrogen-bond acceptors (Lipinski definition) is 6. The van der Waals surface area contributed by atoms with E-state index in [4.69, 9.17) is 4.84 Å². The van der Waals surface area contributed by atoms with Gasteiger partial charge in [-0.1, -0.05) is 34.6 Å². The van der Waals surface area contributed by atoms with Crippen molar-refractivity contribution in [3.05, 3.63) is 71.4 Å². The maximum Gasteiger partial charge on any atom is 0.471 e. The fraction of sp³-hybridized carbons (Fsp3) is 0.200. The Labute approximate surface area is 173 Å². The van der Waals surface area contributed by atoms with Crippen molar-refractivity contribution in [3.63, 3.8) is 0 Å². The molecule has 1 amide bonds. The number of nitrogens with one attached hydrogen (secondary N) is 1. The predicted molar refractivity (Wildman–Crippen MR) is 101 cm³/mol. The van der Waals surface area contributed by atoms with Gasteiger partial charge in [0.2, 0.25) is 5.82 Å². The van der Waals surface area contributed by atoms with Crippen molar-refractivity contribution >= 4 is 11.6 Å². The Hall–Kier alpha value is -3.76. The van der Waals surface area contributed by atoms with Crippen LogP contribution in [-0.4, -0.2) is 28.3 Å². The first kappa shape index (κ1) is 21.9. The molecule has 0 aliphatic carbocycles. The zero-order valence-corrected chi connectivity index (χ0v) is 16.1. The second-order valence-corrected chi connectivity index (χ2v) is 6.41. The summed E-state index contributed by atoms with van der Waals surface area (Å²) in [5.41, 5.74) is 1.79. The molecule has 7 nitrogen and oxygen atoms in total. The van der Waals surface area contributed by atoms with Crippen molar-refractivity contribution in [2.24, 2.45) is 5.16 Å². The summed E-state index contributed by atoms with van der Waals surface area (Å²) < 4.78 is 54.6. The highest BCUT2D eigenvalue weighted by atomic mass is 19.4. The molecule has 0 spiro atoms. The topological polar surface area (TPSA) is 89.6 Å². The van der Waals surface area contributed by atoms with Gasteiger partial charge in [0.25, 0.3) is 5.91 Å². The fourth-order valence-corrected chi connectivity index (χ4v) is 2.37. The van der Waals surface area contributed by atoms with Crippen molar-refractivity contribution in [3.8, 4) is 11.4 Å². The van der Waals surface area contributed by atoms with Gasteiger partial charge in [-0.2, -0.15) is 18.2 Å². The molecular weight excluding hydrogens is 420 g/mol. The summed E-state index contributed by atoms with van der Waals surface area (Å²) in [4.78, 5) is 20.7. The van der Waals surface area contributed by atoms with Crippen LogP contribution in [0.4, 0.5) is 17.6 Å². The number of hydrogen-bond donors (Lipinski definition) is 1. The van der Waals surface area contributed by atoms with Crippen LogP contribution in [0.5, 0.6) is 0 Å². The SMILES string of the molecule is CC(CNC(=O)c1ccc(-c2noc(C(F)(F)F)n2)cc1)=NOCc1ccc(F)cc1. The second kappa shape index (κ2) is 9.37. The number of oxime groups is 1. The van der Waals surface area contributed by atoms with E-state index in [0.29, 0.717) is 5.71 Å². The Morgan fingerprint density at radius 2 is 1.81 bits per heavy atom. The van der Waals surface area contributed by atoms with Crippen LogP contribution in [0, 0.1) is 5.82 Å². The molecule has 0 aliphatic rings. The molecule has 1 N–H and O–H groups in total. The highest BCUT2D eigenvalue weighted by Crippen LogP contribution is 2.29. The number of alkyl halides is 3. The van der Waals surface area contributed by atoms with Gasteiger partial charge in [0, 0.05) is 11.1 Å². The number of aromatic nitrogens is 2. The standard InChI is InChI=1S/C20H16F4N4O3/c1-12(27-30-11-13-2-8-16(21)9-3-13)10-25-18(29)15-6-4-14(5-7-15)17-26-19(31-28-17)20(22,23)24/h2-9H,10-11H2,1H3,(H,25,29). The van der Waals surface area contributed by atoms with E-state index in [1.54, 1.807) is 19.1 Å². The molecule has 3 rings (SSSR count). The fourth-order valence-electron chi connectivity index (χ4n) is 2.37. The minimum absolute atomic E-state index is 0.115. The minimum atomic E-state index is -4.73. The van der Waals surface area contributed by atoms with Crippen LogP contribution in [0.3, 0.4) is 0 Å². The minimum Gasteiger partial charge on any atom is -0.391 e. The van der Waals surface area contributed by atoms with E-state index in [9.17, 15) is 22.4 Å². The van der Waals surface area contributed by atoms with Crippen LogP contribution in [0.25, 0.3) is 11.4 Å². The quantitative estimate of drug-likeness (QED) is 0.340. The Morgan fingerprint density at radius 3 is 2.42 bits per heavy atom. The maximum atomic E-state index is 12.8. The summed E-state index contributed by atoms with van der Waals surface area (Å²) in [6.45, 7) is 1.92. The van der Waals surface area contributed by atoms with E-state index >= 15 is 0 Å². The molecule has 0 fully saturated rings. The smallest absolute Gasteiger partial charge is 0.391 e. The van der Waals surface area contributed by atoms with E-state index < -0.39 is 18.0 Å². The normalized spacial score (nSPS) is 12.0. The van der Waals surface area contributed by atoms with Crippen molar-refractivity contribution in [1.82, 2.24) is 15.5 Å². The highest BCUT2D eigenvalue weighted by molar-refractivity contribution is 5.97. The summed E-state index contributed by atoms with van der Waals surface area (Å²) in [5.74, 6) is -2.44. The molecule has 0 atom stereocenters. The highest BCUT2D eigenvalue weighted by Gasteiger charge is 2.38. The first-order valence-electron chi connectivity index (χ1n) is 8.92. The molecule has 0 aliphatic heterocycles. The van der Waals surface area contributed by atoms with Gasteiger partial charge in [0.1, 0.15) is 12.4 Å². The lowest BCUT2D eigenvalue weighted by Gasteiger charge is -2.06.